The molecule has 2 heterocycles. The maximum Gasteiger partial charge on any atom is 0.253 e. The lowest BCUT2D eigenvalue weighted by molar-refractivity contribution is 0.0781. The third-order valence-electron chi connectivity index (χ3n) is 3.97. The van der Waals surface area contributed by atoms with E-state index in [4.69, 9.17) is 0 Å². The Morgan fingerprint density at radius 1 is 1.26 bits per heavy atom. The molecule has 2 aliphatic rings. The van der Waals surface area contributed by atoms with E-state index in [0.717, 1.165) is 31.7 Å². The molecule has 0 unspecified atom stereocenters. The number of likely N-dealkylation sites (tertiary alicyclic amines) is 1. The minimum Gasteiger partial charge on any atom is -0.338 e. The molecule has 19 heavy (non-hydrogen) atoms. The number of aryl methyl sites for hydroxylation is 1. The van der Waals surface area contributed by atoms with E-state index in [1.165, 1.54) is 12.1 Å². The summed E-state index contributed by atoms with van der Waals surface area (Å²) in [6.45, 7) is 5.40. The van der Waals surface area contributed by atoms with E-state index in [2.05, 4.69) is 5.32 Å². The van der Waals surface area contributed by atoms with E-state index >= 15 is 0 Å². The molecule has 1 amide bonds. The van der Waals surface area contributed by atoms with Gasteiger partial charge in [0.2, 0.25) is 0 Å². The number of amides is 1. The smallest absolute Gasteiger partial charge is 0.253 e. The normalized spacial score (nSPS) is 25.1. The molecule has 0 aliphatic carbocycles. The average molecular weight is 285 g/mol. The molecule has 2 saturated heterocycles. The van der Waals surface area contributed by atoms with Crippen LogP contribution in [0.5, 0.6) is 0 Å². The molecule has 2 aliphatic heterocycles. The highest BCUT2D eigenvalue weighted by molar-refractivity contribution is 5.94. The van der Waals surface area contributed by atoms with Crippen molar-refractivity contribution in [2.24, 2.45) is 11.8 Å². The van der Waals surface area contributed by atoms with Gasteiger partial charge in [-0.2, -0.15) is 0 Å². The van der Waals surface area contributed by atoms with Crippen LogP contribution in [0.4, 0.5) is 4.39 Å². The topological polar surface area (TPSA) is 32.3 Å². The molecule has 0 bridgehead atoms. The van der Waals surface area contributed by atoms with E-state index in [1.807, 2.05) is 11.8 Å². The van der Waals surface area contributed by atoms with Gasteiger partial charge >= 0.3 is 0 Å². The van der Waals surface area contributed by atoms with Crippen molar-refractivity contribution in [3.8, 4) is 0 Å². The first-order valence-corrected chi connectivity index (χ1v) is 6.40. The minimum absolute atomic E-state index is 0. The first kappa shape index (κ1) is 14.3. The second-order valence-corrected chi connectivity index (χ2v) is 5.41. The number of fused-ring (bicyclic) bond motifs is 1. The Kier molecular flexibility index (Phi) is 4.11. The molecule has 1 aromatic rings. The molecule has 2 fully saturated rings. The number of rotatable bonds is 1. The third-order valence-corrected chi connectivity index (χ3v) is 3.97. The maximum absolute atomic E-state index is 13.3. The summed E-state index contributed by atoms with van der Waals surface area (Å²) in [5.41, 5.74) is 1.26. The zero-order chi connectivity index (χ0) is 12.7. The van der Waals surface area contributed by atoms with Gasteiger partial charge in [0, 0.05) is 31.7 Å². The van der Waals surface area contributed by atoms with Crippen LogP contribution in [-0.4, -0.2) is 37.0 Å². The predicted molar refractivity (Wildman–Crippen MR) is 74.1 cm³/mol. The number of halogens is 2. The van der Waals surface area contributed by atoms with E-state index in [1.54, 1.807) is 6.07 Å². The molecule has 104 valence electrons. The van der Waals surface area contributed by atoms with Gasteiger partial charge in [-0.15, -0.1) is 12.4 Å². The highest BCUT2D eigenvalue weighted by atomic mass is 35.5. The zero-order valence-electron chi connectivity index (χ0n) is 10.9. The second-order valence-electron chi connectivity index (χ2n) is 5.41. The van der Waals surface area contributed by atoms with Crippen molar-refractivity contribution in [1.29, 1.82) is 0 Å². The first-order chi connectivity index (χ1) is 8.63. The highest BCUT2D eigenvalue weighted by Crippen LogP contribution is 2.27. The molecule has 1 aromatic carbocycles. The van der Waals surface area contributed by atoms with Crippen LogP contribution in [0.25, 0.3) is 0 Å². The number of nitrogens with zero attached hydrogens (tertiary/aromatic N) is 1. The number of benzene rings is 1. The van der Waals surface area contributed by atoms with Crippen LogP contribution in [0.15, 0.2) is 18.2 Å². The lowest BCUT2D eigenvalue weighted by atomic mass is 10.0. The Labute approximate surface area is 118 Å². The van der Waals surface area contributed by atoms with Crippen molar-refractivity contribution in [2.45, 2.75) is 6.92 Å². The lowest BCUT2D eigenvalue weighted by Gasteiger charge is -2.17. The summed E-state index contributed by atoms with van der Waals surface area (Å²) in [5, 5.41) is 3.34. The largest absolute Gasteiger partial charge is 0.338 e. The van der Waals surface area contributed by atoms with E-state index < -0.39 is 0 Å². The van der Waals surface area contributed by atoms with Crippen molar-refractivity contribution in [2.75, 3.05) is 26.2 Å². The van der Waals surface area contributed by atoms with Crippen molar-refractivity contribution < 1.29 is 9.18 Å². The Hall–Kier alpha value is -1.13. The van der Waals surface area contributed by atoms with Gasteiger partial charge in [0.15, 0.2) is 0 Å². The van der Waals surface area contributed by atoms with Gasteiger partial charge in [-0.25, -0.2) is 4.39 Å². The number of carbonyl (C=O) groups excluding carboxylic acids is 1. The van der Waals surface area contributed by atoms with Crippen molar-refractivity contribution >= 4 is 18.3 Å². The van der Waals surface area contributed by atoms with E-state index in [9.17, 15) is 9.18 Å². The first-order valence-electron chi connectivity index (χ1n) is 6.40. The number of nitrogens with one attached hydrogen (secondary N) is 1. The fraction of sp³-hybridized carbons (Fsp3) is 0.500. The van der Waals surface area contributed by atoms with Gasteiger partial charge < -0.3 is 10.2 Å². The standard InChI is InChI=1S/C14H17FN2O.ClH/c1-9-2-10(4-13(15)3-9)14(18)17-7-11-5-16-6-12(11)8-17;/h2-4,11-12,16H,5-8H2,1H3;1H/t11-,12+;. The van der Waals surface area contributed by atoms with Crippen LogP contribution in [0, 0.1) is 24.6 Å². The summed E-state index contributed by atoms with van der Waals surface area (Å²) in [6, 6.07) is 4.54. The number of carbonyl (C=O) groups is 1. The Bertz CT molecular complexity index is 462. The minimum atomic E-state index is -0.334. The van der Waals surface area contributed by atoms with Crippen molar-refractivity contribution in [1.82, 2.24) is 10.2 Å². The quantitative estimate of drug-likeness (QED) is 0.854. The van der Waals surface area contributed by atoms with E-state index in [-0.39, 0.29) is 24.1 Å². The van der Waals surface area contributed by atoms with Gasteiger partial charge in [-0.1, -0.05) is 0 Å². The molecule has 0 radical (unpaired) electrons. The van der Waals surface area contributed by atoms with E-state index in [0.29, 0.717) is 17.4 Å². The van der Waals surface area contributed by atoms with Crippen LogP contribution in [0.2, 0.25) is 0 Å². The van der Waals surface area contributed by atoms with Gasteiger partial charge in [0.05, 0.1) is 0 Å². The van der Waals surface area contributed by atoms with Crippen LogP contribution < -0.4 is 5.32 Å². The SMILES string of the molecule is Cc1cc(F)cc(C(=O)N2C[C@H]3CNC[C@H]3C2)c1.Cl. The Morgan fingerprint density at radius 3 is 2.47 bits per heavy atom. The Balaban J connectivity index is 0.00000133. The van der Waals surface area contributed by atoms with Crippen molar-refractivity contribution in [3.05, 3.63) is 35.1 Å². The lowest BCUT2D eigenvalue weighted by Crippen LogP contribution is -2.31. The summed E-state index contributed by atoms with van der Waals surface area (Å²) in [7, 11) is 0. The molecule has 3 rings (SSSR count). The molecular formula is C14H18ClFN2O. The average Bonchev–Trinajstić information content (AvgIpc) is 2.86. The monoisotopic (exact) mass is 284 g/mol. The molecule has 2 atom stereocenters. The molecule has 0 spiro atoms. The van der Waals surface area contributed by atoms with Gasteiger partial charge in [0.25, 0.3) is 5.91 Å². The fourth-order valence-electron chi connectivity index (χ4n) is 3.06. The van der Waals surface area contributed by atoms with Crippen LogP contribution in [0.3, 0.4) is 0 Å². The van der Waals surface area contributed by atoms with Gasteiger partial charge in [0.1, 0.15) is 5.82 Å². The molecule has 5 heteroatoms. The van der Waals surface area contributed by atoms with Crippen LogP contribution in [-0.2, 0) is 0 Å². The molecule has 3 nitrogen and oxygen atoms in total. The second kappa shape index (κ2) is 5.47. The zero-order valence-corrected chi connectivity index (χ0v) is 11.7. The van der Waals surface area contributed by atoms with Gasteiger partial charge in [-0.3, -0.25) is 4.79 Å². The predicted octanol–water partition coefficient (Wildman–Crippen LogP) is 1.85. The highest BCUT2D eigenvalue weighted by Gasteiger charge is 2.38. The molecule has 0 saturated carbocycles. The van der Waals surface area contributed by atoms with Crippen LogP contribution >= 0.6 is 12.4 Å². The van der Waals surface area contributed by atoms with Crippen LogP contribution in [0.1, 0.15) is 15.9 Å². The molecule has 1 N–H and O–H groups in total. The number of hydrogen-bond acceptors (Lipinski definition) is 2. The third kappa shape index (κ3) is 2.74. The maximum atomic E-state index is 13.3. The summed E-state index contributed by atoms with van der Waals surface area (Å²) in [5.74, 6) is 0.777. The summed E-state index contributed by atoms with van der Waals surface area (Å²) >= 11 is 0. The Morgan fingerprint density at radius 2 is 1.89 bits per heavy atom. The van der Waals surface area contributed by atoms with Gasteiger partial charge in [-0.05, 0) is 42.5 Å². The van der Waals surface area contributed by atoms with Crippen molar-refractivity contribution in [3.63, 3.8) is 0 Å². The number of hydrogen-bond donors (Lipinski definition) is 1. The summed E-state index contributed by atoms with van der Waals surface area (Å²) < 4.78 is 13.3. The molecule has 0 aromatic heterocycles. The summed E-state index contributed by atoms with van der Waals surface area (Å²) in [4.78, 5) is 14.2. The summed E-state index contributed by atoms with van der Waals surface area (Å²) in [6.07, 6.45) is 0. The molecular weight excluding hydrogens is 267 g/mol. The fourth-order valence-corrected chi connectivity index (χ4v) is 3.06.